The highest BCUT2D eigenvalue weighted by molar-refractivity contribution is 6.03. The molecule has 1 fully saturated rings. The Bertz CT molecular complexity index is 905. The molecule has 3 rings (SSSR count). The van der Waals surface area contributed by atoms with Gasteiger partial charge in [-0.3, -0.25) is 4.79 Å². The summed E-state index contributed by atoms with van der Waals surface area (Å²) in [5.74, 6) is 1.24. The minimum atomic E-state index is -0.174. The van der Waals surface area contributed by atoms with Gasteiger partial charge >= 0.3 is 0 Å². The van der Waals surface area contributed by atoms with Gasteiger partial charge in [-0.15, -0.1) is 0 Å². The molecule has 0 aliphatic carbocycles. The van der Waals surface area contributed by atoms with Gasteiger partial charge in [0.25, 0.3) is 0 Å². The number of anilines is 2. The molecule has 0 unspecified atom stereocenters. The van der Waals surface area contributed by atoms with Crippen LogP contribution in [0.4, 0.5) is 11.4 Å². The molecule has 6 nitrogen and oxygen atoms in total. The van der Waals surface area contributed by atoms with E-state index in [0.29, 0.717) is 25.0 Å². The van der Waals surface area contributed by atoms with E-state index in [9.17, 15) is 4.79 Å². The van der Waals surface area contributed by atoms with Crippen LogP contribution in [0.2, 0.25) is 0 Å². The Morgan fingerprint density at radius 3 is 2.53 bits per heavy atom. The monoisotopic (exact) mass is 437 g/mol. The number of hydrogen-bond acceptors (Lipinski definition) is 5. The van der Waals surface area contributed by atoms with Crippen LogP contribution >= 0.6 is 0 Å². The van der Waals surface area contributed by atoms with Crippen LogP contribution in [0.5, 0.6) is 11.5 Å². The van der Waals surface area contributed by atoms with Gasteiger partial charge in [0, 0.05) is 12.1 Å². The number of carbonyl (C=O) groups excluding carboxylic acids is 1. The van der Waals surface area contributed by atoms with Crippen LogP contribution in [0, 0.1) is 0 Å². The normalized spacial score (nSPS) is 15.0. The number of carbonyl (C=O) groups is 1. The molecule has 1 amide bonds. The van der Waals surface area contributed by atoms with Gasteiger partial charge in [0.2, 0.25) is 5.91 Å². The minimum absolute atomic E-state index is 0.174. The molecule has 0 aromatic heterocycles. The van der Waals surface area contributed by atoms with Gasteiger partial charge < -0.3 is 25.0 Å². The van der Waals surface area contributed by atoms with E-state index in [1.807, 2.05) is 49.4 Å². The molecule has 0 atom stereocenters. The lowest BCUT2D eigenvalue weighted by Crippen LogP contribution is -2.36. The Morgan fingerprint density at radius 2 is 1.81 bits per heavy atom. The second-order valence-corrected chi connectivity index (χ2v) is 8.08. The predicted octanol–water partition coefficient (Wildman–Crippen LogP) is 5.03. The van der Waals surface area contributed by atoms with Gasteiger partial charge in [-0.05, 0) is 82.2 Å². The van der Waals surface area contributed by atoms with Crippen molar-refractivity contribution in [3.8, 4) is 11.5 Å². The Hall–Kier alpha value is -2.99. The smallest absolute Gasteiger partial charge is 0.248 e. The van der Waals surface area contributed by atoms with E-state index in [-0.39, 0.29) is 5.91 Å². The summed E-state index contributed by atoms with van der Waals surface area (Å²) < 4.78 is 11.4. The third kappa shape index (κ3) is 7.02. The van der Waals surface area contributed by atoms with Gasteiger partial charge in [-0.2, -0.15) is 0 Å². The van der Waals surface area contributed by atoms with Crippen LogP contribution < -0.4 is 20.1 Å². The molecule has 1 aliphatic rings. The molecule has 0 radical (unpaired) electrons. The quantitative estimate of drug-likeness (QED) is 0.510. The number of benzene rings is 2. The second-order valence-electron chi connectivity index (χ2n) is 8.08. The number of nitrogens with one attached hydrogen (secondary N) is 2. The fourth-order valence-electron chi connectivity index (χ4n) is 3.67. The highest BCUT2D eigenvalue weighted by Crippen LogP contribution is 2.29. The fraction of sp³-hybridized carbons (Fsp3) is 0.423. The third-order valence-corrected chi connectivity index (χ3v) is 5.42. The molecule has 0 spiro atoms. The maximum atomic E-state index is 12.6. The molecule has 1 saturated heterocycles. The summed E-state index contributed by atoms with van der Waals surface area (Å²) in [4.78, 5) is 14.9. The molecule has 32 heavy (non-hydrogen) atoms. The van der Waals surface area contributed by atoms with Crippen molar-refractivity contribution in [3.63, 3.8) is 0 Å². The highest BCUT2D eigenvalue weighted by Gasteiger charge is 2.17. The average molecular weight is 438 g/mol. The number of para-hydroxylation sites is 2. The zero-order valence-electron chi connectivity index (χ0n) is 19.4. The van der Waals surface area contributed by atoms with Crippen molar-refractivity contribution in [2.24, 2.45) is 0 Å². The van der Waals surface area contributed by atoms with Crippen molar-refractivity contribution >= 4 is 23.4 Å². The van der Waals surface area contributed by atoms with E-state index in [1.165, 1.54) is 0 Å². The average Bonchev–Trinajstić information content (AvgIpc) is 2.80. The second kappa shape index (κ2) is 12.2. The van der Waals surface area contributed by atoms with Crippen molar-refractivity contribution in [1.82, 2.24) is 4.90 Å². The van der Waals surface area contributed by atoms with E-state index in [4.69, 9.17) is 9.47 Å². The van der Waals surface area contributed by atoms with Crippen molar-refractivity contribution in [1.29, 1.82) is 0 Å². The number of nitrogens with zero attached hydrogens (tertiary/aromatic N) is 1. The maximum absolute atomic E-state index is 12.6. The van der Waals surface area contributed by atoms with Gasteiger partial charge in [0.1, 0.15) is 0 Å². The molecule has 1 aliphatic heterocycles. The van der Waals surface area contributed by atoms with Crippen molar-refractivity contribution in [2.75, 3.05) is 44.0 Å². The lowest BCUT2D eigenvalue weighted by Gasteiger charge is -2.30. The molecule has 2 N–H and O–H groups in total. The van der Waals surface area contributed by atoms with Crippen molar-refractivity contribution < 1.29 is 14.3 Å². The minimum Gasteiger partial charge on any atom is -0.490 e. The molecular weight excluding hydrogens is 402 g/mol. The van der Waals surface area contributed by atoms with E-state index in [1.54, 1.807) is 12.2 Å². The van der Waals surface area contributed by atoms with Crippen molar-refractivity contribution in [3.05, 3.63) is 54.1 Å². The summed E-state index contributed by atoms with van der Waals surface area (Å²) in [6.45, 7) is 7.37. The first kappa shape index (κ1) is 23.7. The predicted molar refractivity (Wildman–Crippen MR) is 132 cm³/mol. The first-order valence-electron chi connectivity index (χ1n) is 11.5. The molecule has 0 saturated carbocycles. The number of hydrogen-bond donors (Lipinski definition) is 2. The Morgan fingerprint density at radius 1 is 1.06 bits per heavy atom. The molecule has 2 aromatic carbocycles. The van der Waals surface area contributed by atoms with E-state index in [2.05, 4.69) is 29.5 Å². The summed E-state index contributed by atoms with van der Waals surface area (Å²) in [5, 5.41) is 6.60. The molecule has 172 valence electrons. The van der Waals surface area contributed by atoms with Gasteiger partial charge in [-0.1, -0.05) is 25.1 Å². The maximum Gasteiger partial charge on any atom is 0.248 e. The van der Waals surface area contributed by atoms with Crippen LogP contribution in [-0.2, 0) is 4.79 Å². The summed E-state index contributed by atoms with van der Waals surface area (Å²) in [6.07, 6.45) is 6.46. The van der Waals surface area contributed by atoms with Gasteiger partial charge in [-0.25, -0.2) is 0 Å². The molecule has 0 bridgehead atoms. The molecular formula is C26H35N3O3. The summed E-state index contributed by atoms with van der Waals surface area (Å²) >= 11 is 0. The van der Waals surface area contributed by atoms with Crippen molar-refractivity contribution in [2.45, 2.75) is 39.2 Å². The van der Waals surface area contributed by atoms with Crippen LogP contribution in [0.3, 0.4) is 0 Å². The Labute approximate surface area is 191 Å². The van der Waals surface area contributed by atoms with Crippen LogP contribution in [0.1, 0.15) is 38.7 Å². The number of rotatable bonds is 10. The first-order chi connectivity index (χ1) is 15.6. The van der Waals surface area contributed by atoms with Gasteiger partial charge in [0.15, 0.2) is 11.5 Å². The van der Waals surface area contributed by atoms with Crippen LogP contribution in [0.25, 0.3) is 6.08 Å². The Kier molecular flexibility index (Phi) is 8.99. The molecule has 1 heterocycles. The van der Waals surface area contributed by atoms with Gasteiger partial charge in [0.05, 0.1) is 24.6 Å². The SMILES string of the molecule is CCCOc1ccc(/C=C/C(=O)Nc2ccccc2NC2CCN(C)CC2)cc1OCC. The van der Waals surface area contributed by atoms with E-state index in [0.717, 1.165) is 55.0 Å². The lowest BCUT2D eigenvalue weighted by molar-refractivity contribution is -0.111. The summed E-state index contributed by atoms with van der Waals surface area (Å²) in [7, 11) is 2.15. The Balaban J connectivity index is 1.63. The van der Waals surface area contributed by atoms with Crippen LogP contribution in [0.15, 0.2) is 48.5 Å². The zero-order valence-corrected chi connectivity index (χ0v) is 19.4. The first-order valence-corrected chi connectivity index (χ1v) is 11.5. The lowest BCUT2D eigenvalue weighted by atomic mass is 10.0. The summed E-state index contributed by atoms with van der Waals surface area (Å²) in [6, 6.07) is 14.0. The summed E-state index contributed by atoms with van der Waals surface area (Å²) in [5.41, 5.74) is 2.63. The molecule has 6 heteroatoms. The van der Waals surface area contributed by atoms with E-state index < -0.39 is 0 Å². The molecule has 2 aromatic rings. The highest BCUT2D eigenvalue weighted by atomic mass is 16.5. The number of likely N-dealkylation sites (tertiary alicyclic amines) is 1. The number of ether oxygens (including phenoxy) is 2. The standard InChI is InChI=1S/C26H35N3O3/c1-4-18-32-24-12-10-20(19-25(24)31-5-2)11-13-26(30)28-23-9-7-6-8-22(23)27-21-14-16-29(3)17-15-21/h6-13,19,21,27H,4-5,14-18H2,1-3H3,(H,28,30)/b13-11+. The topological polar surface area (TPSA) is 62.8 Å². The largest absolute Gasteiger partial charge is 0.490 e. The number of amides is 1. The third-order valence-electron chi connectivity index (χ3n) is 5.42. The number of piperidine rings is 1. The fourth-order valence-corrected chi connectivity index (χ4v) is 3.67. The van der Waals surface area contributed by atoms with Crippen LogP contribution in [-0.4, -0.2) is 50.2 Å². The zero-order chi connectivity index (χ0) is 22.8. The van der Waals surface area contributed by atoms with E-state index >= 15 is 0 Å².